The molecule has 0 aromatic rings. The van der Waals surface area contributed by atoms with Gasteiger partial charge in [-0.1, -0.05) is 39.0 Å². The molecule has 1 saturated heterocycles. The Hall–Kier alpha value is -0.200. The number of piperidine rings is 1. The number of aliphatic hydroxyl groups excluding tert-OH is 4. The van der Waals surface area contributed by atoms with Crippen molar-refractivity contribution in [2.75, 3.05) is 6.61 Å². The van der Waals surface area contributed by atoms with E-state index in [1.165, 1.54) is 19.3 Å². The van der Waals surface area contributed by atoms with Gasteiger partial charge in [0, 0.05) is 6.04 Å². The summed E-state index contributed by atoms with van der Waals surface area (Å²) in [6.07, 6.45) is 3.21. The first kappa shape index (κ1) is 15.9. The van der Waals surface area contributed by atoms with Crippen molar-refractivity contribution in [2.45, 2.75) is 75.8 Å². The molecule has 1 aliphatic heterocycles. The summed E-state index contributed by atoms with van der Waals surface area (Å²) in [5, 5.41) is 41.3. The summed E-state index contributed by atoms with van der Waals surface area (Å²) in [5.74, 6) is 0. The molecule has 5 nitrogen and oxygen atoms in total. The van der Waals surface area contributed by atoms with Gasteiger partial charge in [-0.25, -0.2) is 0 Å². The predicted molar refractivity (Wildman–Crippen MR) is 69.2 cm³/mol. The molecule has 0 saturated carbocycles. The lowest BCUT2D eigenvalue weighted by Gasteiger charge is -2.41. The predicted octanol–water partition coefficient (Wildman–Crippen LogP) is -0.238. The molecule has 0 aromatic carbocycles. The first-order valence-corrected chi connectivity index (χ1v) is 7.03. The zero-order valence-electron chi connectivity index (χ0n) is 11.1. The van der Waals surface area contributed by atoms with Gasteiger partial charge in [0.05, 0.1) is 24.9 Å². The third kappa shape index (κ3) is 4.17. The molecule has 1 heterocycles. The Bertz CT molecular complexity index is 225. The molecule has 18 heavy (non-hydrogen) atoms. The van der Waals surface area contributed by atoms with Crippen molar-refractivity contribution in [2.24, 2.45) is 0 Å². The SMILES string of the molecule is CCCCCCCC1NC(CO)C(O)C(O)C1O. The fourth-order valence-electron chi connectivity index (χ4n) is 2.53. The van der Waals surface area contributed by atoms with Crippen LogP contribution < -0.4 is 5.32 Å². The molecule has 5 atom stereocenters. The summed E-state index contributed by atoms with van der Waals surface area (Å²) in [5.41, 5.74) is 0. The van der Waals surface area contributed by atoms with E-state index in [0.717, 1.165) is 19.3 Å². The Morgan fingerprint density at radius 1 is 0.833 bits per heavy atom. The van der Waals surface area contributed by atoms with Crippen molar-refractivity contribution in [3.8, 4) is 0 Å². The van der Waals surface area contributed by atoms with Crippen LogP contribution in [-0.4, -0.2) is 57.4 Å². The number of hydrogen-bond donors (Lipinski definition) is 5. The second-order valence-electron chi connectivity index (χ2n) is 5.24. The van der Waals surface area contributed by atoms with E-state index in [-0.39, 0.29) is 12.6 Å². The molecule has 5 unspecified atom stereocenters. The van der Waals surface area contributed by atoms with E-state index < -0.39 is 24.4 Å². The lowest BCUT2D eigenvalue weighted by atomic mass is 9.88. The molecule has 0 spiro atoms. The second-order valence-corrected chi connectivity index (χ2v) is 5.24. The van der Waals surface area contributed by atoms with Crippen LogP contribution in [0.1, 0.15) is 45.4 Å². The third-order valence-electron chi connectivity index (χ3n) is 3.77. The molecule has 0 bridgehead atoms. The second kappa shape index (κ2) is 8.07. The summed E-state index contributed by atoms with van der Waals surface area (Å²) >= 11 is 0. The van der Waals surface area contributed by atoms with E-state index >= 15 is 0 Å². The summed E-state index contributed by atoms with van der Waals surface area (Å²) in [6.45, 7) is 1.92. The van der Waals surface area contributed by atoms with Gasteiger partial charge in [0.2, 0.25) is 0 Å². The van der Waals surface area contributed by atoms with Crippen molar-refractivity contribution in [1.82, 2.24) is 5.32 Å². The van der Waals surface area contributed by atoms with Crippen LogP contribution in [0.3, 0.4) is 0 Å². The van der Waals surface area contributed by atoms with Crippen LogP contribution in [0.25, 0.3) is 0 Å². The molecule has 5 N–H and O–H groups in total. The van der Waals surface area contributed by atoms with E-state index in [0.29, 0.717) is 0 Å². The maximum absolute atomic E-state index is 9.87. The Balaban J connectivity index is 2.35. The van der Waals surface area contributed by atoms with Crippen molar-refractivity contribution in [1.29, 1.82) is 0 Å². The smallest absolute Gasteiger partial charge is 0.109 e. The minimum atomic E-state index is -1.18. The Morgan fingerprint density at radius 3 is 2.06 bits per heavy atom. The molecular weight excluding hydrogens is 234 g/mol. The summed E-state index contributed by atoms with van der Waals surface area (Å²) in [6, 6.07) is -0.800. The number of rotatable bonds is 7. The van der Waals surface area contributed by atoms with Gasteiger partial charge >= 0.3 is 0 Å². The highest BCUT2D eigenvalue weighted by Gasteiger charge is 2.41. The first-order chi connectivity index (χ1) is 8.61. The van der Waals surface area contributed by atoms with Crippen molar-refractivity contribution < 1.29 is 20.4 Å². The number of nitrogens with one attached hydrogen (secondary N) is 1. The fraction of sp³-hybridized carbons (Fsp3) is 1.00. The van der Waals surface area contributed by atoms with Gasteiger partial charge in [-0.2, -0.15) is 0 Å². The highest BCUT2D eigenvalue weighted by molar-refractivity contribution is 4.97. The zero-order valence-corrected chi connectivity index (χ0v) is 11.1. The maximum atomic E-state index is 9.87. The largest absolute Gasteiger partial charge is 0.395 e. The summed E-state index contributed by atoms with van der Waals surface area (Å²) in [4.78, 5) is 0. The van der Waals surface area contributed by atoms with Gasteiger partial charge < -0.3 is 25.7 Å². The molecule has 1 fully saturated rings. The molecule has 0 aliphatic carbocycles. The van der Waals surface area contributed by atoms with Crippen molar-refractivity contribution in [3.05, 3.63) is 0 Å². The lowest BCUT2D eigenvalue weighted by molar-refractivity contribution is -0.120. The van der Waals surface area contributed by atoms with Gasteiger partial charge in [-0.3, -0.25) is 0 Å². The average Bonchev–Trinajstić information content (AvgIpc) is 2.38. The standard InChI is InChI=1S/C13H27NO4/c1-2-3-4-5-6-7-9-11(16)13(18)12(17)10(8-15)14-9/h9-18H,2-8H2,1H3. The third-order valence-corrected chi connectivity index (χ3v) is 3.77. The normalized spacial score (nSPS) is 36.8. The van der Waals surface area contributed by atoms with Gasteiger partial charge in [-0.15, -0.1) is 0 Å². The molecule has 5 heteroatoms. The summed E-state index contributed by atoms with van der Waals surface area (Å²) < 4.78 is 0. The van der Waals surface area contributed by atoms with Gasteiger partial charge in [0.1, 0.15) is 6.10 Å². The molecule has 0 radical (unpaired) electrons. The van der Waals surface area contributed by atoms with Crippen LogP contribution in [0, 0.1) is 0 Å². The van der Waals surface area contributed by atoms with Gasteiger partial charge in [0.25, 0.3) is 0 Å². The molecule has 1 aliphatic rings. The fourth-order valence-corrected chi connectivity index (χ4v) is 2.53. The van der Waals surface area contributed by atoms with E-state index in [1.54, 1.807) is 0 Å². The molecule has 108 valence electrons. The highest BCUT2D eigenvalue weighted by Crippen LogP contribution is 2.19. The Labute approximate surface area is 109 Å². The first-order valence-electron chi connectivity index (χ1n) is 7.03. The van der Waals surface area contributed by atoms with E-state index in [2.05, 4.69) is 12.2 Å². The molecule has 0 amide bonds. The summed E-state index contributed by atoms with van der Waals surface area (Å²) in [7, 11) is 0. The van der Waals surface area contributed by atoms with Crippen LogP contribution in [0.4, 0.5) is 0 Å². The molecule has 1 rings (SSSR count). The number of aliphatic hydroxyl groups is 4. The van der Waals surface area contributed by atoms with Crippen LogP contribution in [0.5, 0.6) is 0 Å². The van der Waals surface area contributed by atoms with Crippen molar-refractivity contribution in [3.63, 3.8) is 0 Å². The average molecular weight is 261 g/mol. The molecule has 0 aromatic heterocycles. The number of hydrogen-bond acceptors (Lipinski definition) is 5. The van der Waals surface area contributed by atoms with Crippen LogP contribution in [-0.2, 0) is 0 Å². The van der Waals surface area contributed by atoms with Crippen LogP contribution in [0.15, 0.2) is 0 Å². The van der Waals surface area contributed by atoms with E-state index in [9.17, 15) is 15.3 Å². The monoisotopic (exact) mass is 261 g/mol. The van der Waals surface area contributed by atoms with E-state index in [1.807, 2.05) is 0 Å². The quantitative estimate of drug-likeness (QED) is 0.408. The lowest BCUT2D eigenvalue weighted by Crippen LogP contribution is -2.65. The van der Waals surface area contributed by atoms with Crippen LogP contribution in [0.2, 0.25) is 0 Å². The topological polar surface area (TPSA) is 93.0 Å². The highest BCUT2D eigenvalue weighted by atomic mass is 16.4. The zero-order chi connectivity index (χ0) is 13.5. The van der Waals surface area contributed by atoms with Gasteiger partial charge in [-0.05, 0) is 6.42 Å². The minimum Gasteiger partial charge on any atom is -0.395 e. The Morgan fingerprint density at radius 2 is 1.44 bits per heavy atom. The van der Waals surface area contributed by atoms with Gasteiger partial charge in [0.15, 0.2) is 0 Å². The van der Waals surface area contributed by atoms with Crippen LogP contribution >= 0.6 is 0 Å². The Kier molecular flexibility index (Phi) is 7.11. The maximum Gasteiger partial charge on any atom is 0.109 e. The molecular formula is C13H27NO4. The van der Waals surface area contributed by atoms with E-state index in [4.69, 9.17) is 5.11 Å². The number of unbranched alkanes of at least 4 members (excludes halogenated alkanes) is 4. The minimum absolute atomic E-state index is 0.239. The van der Waals surface area contributed by atoms with Crippen molar-refractivity contribution >= 4 is 0 Å².